The van der Waals surface area contributed by atoms with E-state index in [1.807, 2.05) is 0 Å². The monoisotopic (exact) mass is 306 g/mol. The molecule has 0 fully saturated rings. The molecule has 112 valence electrons. The van der Waals surface area contributed by atoms with E-state index in [1.165, 1.54) is 20.8 Å². The second kappa shape index (κ2) is 5.81. The van der Waals surface area contributed by atoms with Gasteiger partial charge in [0.1, 0.15) is 0 Å². The van der Waals surface area contributed by atoms with E-state index in [1.54, 1.807) is 0 Å². The average molecular weight is 306 g/mol. The van der Waals surface area contributed by atoms with Gasteiger partial charge >= 0.3 is 5.69 Å². The molecule has 9 heteroatoms. The van der Waals surface area contributed by atoms with Crippen LogP contribution in [0.4, 0.5) is 10.1 Å². The van der Waals surface area contributed by atoms with Crippen molar-refractivity contribution in [2.45, 2.75) is 31.7 Å². The number of nitrogens with one attached hydrogen (secondary N) is 1. The number of hydrogen-bond donors (Lipinski definition) is 2. The molecule has 0 bridgehead atoms. The summed E-state index contributed by atoms with van der Waals surface area (Å²) in [6.45, 7) is 3.52. The number of aliphatic hydroxyl groups is 1. The quantitative estimate of drug-likeness (QED) is 0.623. The number of aryl methyl sites for hydroxylation is 1. The standard InChI is InChI=1S/C11H15FN2O5S/c1-6-4-9(12)10(14(16)17)8(3)11(6)20(18,19)13-7(2)5-15/h4,7,13,15H,5H2,1-3H3/t7-/m1/s1. The smallest absolute Gasteiger partial charge is 0.309 e. The van der Waals surface area contributed by atoms with E-state index in [9.17, 15) is 22.9 Å². The Bertz CT molecular complexity index is 645. The van der Waals surface area contributed by atoms with Gasteiger partial charge in [-0.2, -0.15) is 4.39 Å². The molecule has 1 rings (SSSR count). The number of aliphatic hydroxyl groups excluding tert-OH is 1. The van der Waals surface area contributed by atoms with Crippen LogP contribution < -0.4 is 4.72 Å². The van der Waals surface area contributed by atoms with Gasteiger partial charge < -0.3 is 5.11 Å². The molecular formula is C11H15FN2O5S. The Hall–Kier alpha value is -1.58. The van der Waals surface area contributed by atoms with Crippen molar-refractivity contribution in [3.63, 3.8) is 0 Å². The van der Waals surface area contributed by atoms with Crippen molar-refractivity contribution >= 4 is 15.7 Å². The summed E-state index contributed by atoms with van der Waals surface area (Å²) < 4.78 is 40.1. The normalized spacial score (nSPS) is 13.2. The topological polar surface area (TPSA) is 110 Å². The van der Waals surface area contributed by atoms with Gasteiger partial charge in [-0.3, -0.25) is 10.1 Å². The number of hydrogen-bond acceptors (Lipinski definition) is 5. The highest BCUT2D eigenvalue weighted by Gasteiger charge is 2.29. The molecule has 0 aliphatic carbocycles. The Balaban J connectivity index is 3.53. The summed E-state index contributed by atoms with van der Waals surface area (Å²) >= 11 is 0. The maximum absolute atomic E-state index is 13.6. The molecule has 0 saturated heterocycles. The number of nitro groups is 1. The van der Waals surface area contributed by atoms with Crippen molar-refractivity contribution in [1.29, 1.82) is 0 Å². The minimum Gasteiger partial charge on any atom is -0.395 e. The molecule has 20 heavy (non-hydrogen) atoms. The highest BCUT2D eigenvalue weighted by atomic mass is 32.2. The third-order valence-corrected chi connectivity index (χ3v) is 4.58. The lowest BCUT2D eigenvalue weighted by Crippen LogP contribution is -2.35. The van der Waals surface area contributed by atoms with E-state index in [0.29, 0.717) is 0 Å². The van der Waals surface area contributed by atoms with E-state index >= 15 is 0 Å². The average Bonchev–Trinajstić information content (AvgIpc) is 2.25. The molecule has 2 N–H and O–H groups in total. The molecule has 0 aromatic heterocycles. The van der Waals surface area contributed by atoms with Gasteiger partial charge in [0.2, 0.25) is 15.8 Å². The third kappa shape index (κ3) is 3.11. The summed E-state index contributed by atoms with van der Waals surface area (Å²) in [5.41, 5.74) is -1.08. The zero-order chi connectivity index (χ0) is 15.7. The second-order valence-electron chi connectivity index (χ2n) is 4.44. The summed E-state index contributed by atoms with van der Waals surface area (Å²) in [6, 6.07) is 0.0476. The predicted octanol–water partition coefficient (Wildman–Crippen LogP) is 1.01. The lowest BCUT2D eigenvalue weighted by atomic mass is 10.1. The Kier molecular flexibility index (Phi) is 4.79. The Labute approximate surface area is 115 Å². The highest BCUT2D eigenvalue weighted by Crippen LogP contribution is 2.31. The van der Waals surface area contributed by atoms with Crippen molar-refractivity contribution in [3.8, 4) is 0 Å². The first kappa shape index (κ1) is 16.5. The molecule has 0 heterocycles. The van der Waals surface area contributed by atoms with Crippen LogP contribution in [0.3, 0.4) is 0 Å². The minimum absolute atomic E-state index is 0.0586. The number of nitro benzene ring substituents is 1. The molecule has 0 unspecified atom stereocenters. The lowest BCUT2D eigenvalue weighted by molar-refractivity contribution is -0.388. The molecule has 0 radical (unpaired) electrons. The van der Waals surface area contributed by atoms with E-state index < -0.39 is 39.1 Å². The number of benzene rings is 1. The molecule has 0 aliphatic heterocycles. The molecule has 0 amide bonds. The molecule has 0 spiro atoms. The van der Waals surface area contributed by atoms with Crippen LogP contribution in [0.25, 0.3) is 0 Å². The Morgan fingerprint density at radius 2 is 2.05 bits per heavy atom. The van der Waals surface area contributed by atoms with E-state index in [0.717, 1.165) is 6.07 Å². The summed E-state index contributed by atoms with van der Waals surface area (Å²) in [7, 11) is -4.09. The molecule has 0 saturated carbocycles. The van der Waals surface area contributed by atoms with Crippen molar-refractivity contribution < 1.29 is 22.8 Å². The van der Waals surface area contributed by atoms with E-state index in [2.05, 4.69) is 4.72 Å². The van der Waals surface area contributed by atoms with Crippen LogP contribution in [0.5, 0.6) is 0 Å². The summed E-state index contributed by atoms with van der Waals surface area (Å²) in [4.78, 5) is 9.52. The molecule has 1 aromatic carbocycles. The third-order valence-electron chi connectivity index (χ3n) is 2.70. The van der Waals surface area contributed by atoms with Gasteiger partial charge in [0, 0.05) is 6.04 Å². The van der Waals surface area contributed by atoms with Gasteiger partial charge in [-0.05, 0) is 32.4 Å². The number of nitrogens with zero attached hydrogens (tertiary/aromatic N) is 1. The number of halogens is 1. The van der Waals surface area contributed by atoms with E-state index in [-0.39, 0.29) is 16.0 Å². The molecule has 7 nitrogen and oxygen atoms in total. The van der Waals surface area contributed by atoms with Crippen molar-refractivity contribution in [2.24, 2.45) is 0 Å². The van der Waals surface area contributed by atoms with Gasteiger partial charge in [0.25, 0.3) is 0 Å². The number of rotatable bonds is 5. The Morgan fingerprint density at radius 3 is 2.50 bits per heavy atom. The van der Waals surface area contributed by atoms with Crippen LogP contribution in [-0.4, -0.2) is 31.1 Å². The predicted molar refractivity (Wildman–Crippen MR) is 69.4 cm³/mol. The summed E-state index contributed by atoms with van der Waals surface area (Å²) in [6.07, 6.45) is 0. The zero-order valence-electron chi connectivity index (χ0n) is 11.2. The largest absolute Gasteiger partial charge is 0.395 e. The van der Waals surface area contributed by atoms with Crippen molar-refractivity contribution in [3.05, 3.63) is 33.1 Å². The van der Waals surface area contributed by atoms with Crippen LogP contribution in [0.15, 0.2) is 11.0 Å². The summed E-state index contributed by atoms with van der Waals surface area (Å²) in [5.74, 6) is -1.08. The van der Waals surface area contributed by atoms with Crippen LogP contribution in [-0.2, 0) is 10.0 Å². The lowest BCUT2D eigenvalue weighted by Gasteiger charge is -2.15. The fourth-order valence-corrected chi connectivity index (χ4v) is 3.61. The van der Waals surface area contributed by atoms with Crippen LogP contribution in [0.2, 0.25) is 0 Å². The maximum Gasteiger partial charge on any atom is 0.309 e. The van der Waals surface area contributed by atoms with Gasteiger partial charge in [0.15, 0.2) is 0 Å². The highest BCUT2D eigenvalue weighted by molar-refractivity contribution is 7.89. The van der Waals surface area contributed by atoms with Gasteiger partial charge in [-0.15, -0.1) is 0 Å². The van der Waals surface area contributed by atoms with Crippen LogP contribution in [0, 0.1) is 29.8 Å². The minimum atomic E-state index is -4.09. The molecule has 0 aliphatic rings. The SMILES string of the molecule is Cc1cc(F)c([N+](=O)[O-])c(C)c1S(=O)(=O)N[C@H](C)CO. The summed E-state index contributed by atoms with van der Waals surface area (Å²) in [5, 5.41) is 19.7. The molecular weight excluding hydrogens is 291 g/mol. The zero-order valence-corrected chi connectivity index (χ0v) is 12.0. The van der Waals surface area contributed by atoms with E-state index in [4.69, 9.17) is 5.11 Å². The van der Waals surface area contributed by atoms with Crippen molar-refractivity contribution in [1.82, 2.24) is 4.72 Å². The maximum atomic E-state index is 13.6. The molecule has 1 atom stereocenters. The number of sulfonamides is 1. The van der Waals surface area contributed by atoms with Gasteiger partial charge in [0.05, 0.1) is 22.0 Å². The first-order chi connectivity index (χ1) is 9.11. The van der Waals surface area contributed by atoms with Gasteiger partial charge in [-0.1, -0.05) is 0 Å². The molecule has 1 aromatic rings. The van der Waals surface area contributed by atoms with Crippen LogP contribution in [0.1, 0.15) is 18.1 Å². The first-order valence-electron chi connectivity index (χ1n) is 5.69. The Morgan fingerprint density at radius 1 is 1.50 bits per heavy atom. The first-order valence-corrected chi connectivity index (χ1v) is 7.17. The van der Waals surface area contributed by atoms with Gasteiger partial charge in [-0.25, -0.2) is 13.1 Å². The fraction of sp³-hybridized carbons (Fsp3) is 0.455. The fourth-order valence-electron chi connectivity index (χ4n) is 1.91. The second-order valence-corrected chi connectivity index (χ2v) is 6.09. The van der Waals surface area contributed by atoms with Crippen molar-refractivity contribution in [2.75, 3.05) is 6.61 Å². The van der Waals surface area contributed by atoms with Crippen LogP contribution >= 0.6 is 0 Å².